The Morgan fingerprint density at radius 1 is 0.355 bits per heavy atom. The van der Waals surface area contributed by atoms with Crippen LogP contribution in [0.5, 0.6) is 0 Å². The van der Waals surface area contributed by atoms with Gasteiger partial charge in [-0.2, -0.15) is 0 Å². The molecule has 0 amide bonds. The first-order valence-corrected chi connectivity index (χ1v) is 27.4. The van der Waals surface area contributed by atoms with Gasteiger partial charge in [-0.3, -0.25) is 0 Å². The fraction of sp³-hybridized carbons (Fsp3) is 0.389. The van der Waals surface area contributed by atoms with E-state index in [0.29, 0.717) is 23.0 Å². The number of pyridine rings is 4. The second kappa shape index (κ2) is 28.0. The highest BCUT2D eigenvalue weighted by Gasteiger charge is 2.20. The second-order valence-electron chi connectivity index (χ2n) is 22.6. The third-order valence-electron chi connectivity index (χ3n) is 13.4. The standard InChI is InChI=1S/4C18H24N/c2*1-13(2)10-16-7-9-18(19(5)12-16)17-8-6-14(3)11-15(17)4;2*1-13(2)10-16-11-15(4)18(19(5)12-16)17-9-7-6-8-14(17)3/h4*6-9,11-13H,10H2,1-5H3/q4*+1/i3D3,10D2;;10D2;. The molecule has 0 saturated heterocycles. The van der Waals surface area contributed by atoms with Crippen molar-refractivity contribution in [2.75, 3.05) is 0 Å². The van der Waals surface area contributed by atoms with Gasteiger partial charge in [0.05, 0.1) is 0 Å². The minimum atomic E-state index is -2.11. The van der Waals surface area contributed by atoms with Crippen LogP contribution in [0.3, 0.4) is 0 Å². The highest BCUT2D eigenvalue weighted by atomic mass is 14.9. The molecule has 8 aromatic rings. The lowest BCUT2D eigenvalue weighted by atomic mass is 9.98. The Labute approximate surface area is 472 Å². The van der Waals surface area contributed by atoms with E-state index in [1.807, 2.05) is 107 Å². The van der Waals surface area contributed by atoms with Crippen molar-refractivity contribution in [2.45, 2.75) is 136 Å². The van der Waals surface area contributed by atoms with Gasteiger partial charge in [0.2, 0.25) is 22.8 Å². The van der Waals surface area contributed by atoms with Gasteiger partial charge in [-0.1, -0.05) is 127 Å². The summed E-state index contributed by atoms with van der Waals surface area (Å²) in [5.41, 5.74) is 22.6. The molecule has 0 atom stereocenters. The molecule has 0 fully saturated rings. The highest BCUT2D eigenvalue weighted by Crippen LogP contribution is 2.27. The van der Waals surface area contributed by atoms with E-state index >= 15 is 0 Å². The molecule has 0 aliphatic carbocycles. The summed E-state index contributed by atoms with van der Waals surface area (Å²) in [5, 5.41) is 0. The first-order valence-electron chi connectivity index (χ1n) is 30.9. The van der Waals surface area contributed by atoms with Crippen molar-refractivity contribution in [1.29, 1.82) is 0 Å². The van der Waals surface area contributed by atoms with Crippen LogP contribution >= 0.6 is 0 Å². The number of hydrogen-bond acceptors (Lipinski definition) is 0. The Bertz CT molecular complexity index is 3450. The number of rotatable bonds is 12. The van der Waals surface area contributed by atoms with Gasteiger partial charge >= 0.3 is 0 Å². The molecular weight excluding hydrogens is 921 g/mol. The van der Waals surface area contributed by atoms with Crippen LogP contribution in [0.2, 0.25) is 0 Å². The van der Waals surface area contributed by atoms with Crippen molar-refractivity contribution in [2.24, 2.45) is 51.9 Å². The molecule has 0 unspecified atom stereocenters. The molecule has 4 aromatic carbocycles. The van der Waals surface area contributed by atoms with Crippen molar-refractivity contribution in [3.63, 3.8) is 0 Å². The fourth-order valence-electron chi connectivity index (χ4n) is 10.2. The van der Waals surface area contributed by atoms with Crippen LogP contribution < -0.4 is 18.3 Å². The first-order chi connectivity index (χ1) is 38.6. The molecule has 4 nitrogen and oxygen atoms in total. The van der Waals surface area contributed by atoms with Gasteiger partial charge in [-0.15, -0.1) is 0 Å². The molecule has 4 heterocycles. The van der Waals surface area contributed by atoms with Gasteiger partial charge in [-0.25, -0.2) is 18.3 Å². The number of nitrogens with zero attached hydrogens (tertiary/aromatic N) is 4. The van der Waals surface area contributed by atoms with Crippen LogP contribution in [0.25, 0.3) is 45.0 Å². The third kappa shape index (κ3) is 17.3. The van der Waals surface area contributed by atoms with Crippen LogP contribution in [0.1, 0.15) is 132 Å². The fourth-order valence-corrected chi connectivity index (χ4v) is 10.2. The summed E-state index contributed by atoms with van der Waals surface area (Å²) in [4.78, 5) is 0. The summed E-state index contributed by atoms with van der Waals surface area (Å²) in [5.74, 6) is 1.22. The molecule has 8 rings (SSSR count). The maximum Gasteiger partial charge on any atom is 0.215 e. The van der Waals surface area contributed by atoms with Crippen LogP contribution in [0, 0.1) is 79.0 Å². The van der Waals surface area contributed by atoms with Crippen molar-refractivity contribution in [3.8, 4) is 45.0 Å². The molecular formula is C72H96N4+4. The van der Waals surface area contributed by atoms with Crippen LogP contribution in [-0.2, 0) is 53.8 Å². The Morgan fingerprint density at radius 2 is 0.750 bits per heavy atom. The van der Waals surface area contributed by atoms with Gasteiger partial charge in [0.1, 0.15) is 28.2 Å². The topological polar surface area (TPSA) is 15.5 Å². The summed E-state index contributed by atoms with van der Waals surface area (Å²) in [6.07, 6.45) is 7.84. The molecule has 0 aliphatic rings. The van der Waals surface area contributed by atoms with E-state index in [1.165, 1.54) is 67.0 Å². The summed E-state index contributed by atoms with van der Waals surface area (Å²) in [6, 6.07) is 41.3. The van der Waals surface area contributed by atoms with Gasteiger partial charge in [0, 0.05) is 77.4 Å². The smallest absolute Gasteiger partial charge is 0.201 e. The molecule has 0 radical (unpaired) electrons. The zero-order chi connectivity index (χ0) is 62.1. The molecule has 400 valence electrons. The number of aromatic nitrogens is 4. The predicted molar refractivity (Wildman–Crippen MR) is 324 cm³/mol. The monoisotopic (exact) mass is 1020 g/mol. The van der Waals surface area contributed by atoms with Crippen LogP contribution in [0.4, 0.5) is 0 Å². The van der Waals surface area contributed by atoms with Crippen molar-refractivity contribution >= 4 is 0 Å². The lowest BCUT2D eigenvalue weighted by Gasteiger charge is -2.10. The summed E-state index contributed by atoms with van der Waals surface area (Å²) in [7, 11) is 8.16. The van der Waals surface area contributed by atoms with Gasteiger partial charge in [0.25, 0.3) is 0 Å². The molecule has 4 aromatic heterocycles. The van der Waals surface area contributed by atoms with Crippen molar-refractivity contribution in [3.05, 3.63) is 213 Å². The lowest BCUT2D eigenvalue weighted by Crippen LogP contribution is -2.32. The van der Waals surface area contributed by atoms with E-state index in [4.69, 9.17) is 9.60 Å². The van der Waals surface area contributed by atoms with E-state index in [2.05, 4.69) is 178 Å². The Hall–Kier alpha value is -6.52. The number of benzene rings is 4. The normalized spacial score (nSPS) is 13.0. The Kier molecular flexibility index (Phi) is 18.6. The van der Waals surface area contributed by atoms with Gasteiger partial charge in [-0.05, 0) is 175 Å². The van der Waals surface area contributed by atoms with E-state index in [0.717, 1.165) is 46.5 Å². The van der Waals surface area contributed by atoms with Crippen LogP contribution in [0.15, 0.2) is 146 Å². The molecule has 0 N–H and O–H groups in total. The largest absolute Gasteiger partial charge is 0.215 e. The quantitative estimate of drug-likeness (QED) is 0.108. The maximum absolute atomic E-state index is 8.29. The van der Waals surface area contributed by atoms with E-state index in [-0.39, 0.29) is 11.8 Å². The maximum atomic E-state index is 8.29. The molecule has 76 heavy (non-hydrogen) atoms. The van der Waals surface area contributed by atoms with Gasteiger partial charge < -0.3 is 0 Å². The first kappa shape index (κ1) is 50.3. The summed E-state index contributed by atoms with van der Waals surface area (Å²) >= 11 is 0. The zero-order valence-corrected chi connectivity index (χ0v) is 49.9. The lowest BCUT2D eigenvalue weighted by molar-refractivity contribution is -0.661. The summed E-state index contributed by atoms with van der Waals surface area (Å²) in [6.45, 7) is 29.3. The van der Waals surface area contributed by atoms with Crippen molar-refractivity contribution < 1.29 is 27.9 Å². The zero-order valence-electron chi connectivity index (χ0n) is 56.9. The molecule has 4 heteroatoms. The van der Waals surface area contributed by atoms with E-state index in [1.54, 1.807) is 12.1 Å². The average molecular weight is 1020 g/mol. The van der Waals surface area contributed by atoms with Crippen molar-refractivity contribution in [1.82, 2.24) is 0 Å². The molecule has 0 spiro atoms. The summed E-state index contributed by atoms with van der Waals surface area (Å²) < 4.78 is 64.0. The van der Waals surface area contributed by atoms with Gasteiger partial charge in [0.15, 0.2) is 24.8 Å². The van der Waals surface area contributed by atoms with E-state index in [9.17, 15) is 0 Å². The van der Waals surface area contributed by atoms with E-state index < -0.39 is 19.6 Å². The highest BCUT2D eigenvalue weighted by molar-refractivity contribution is 5.66. The number of aryl methyl sites for hydroxylation is 12. The Morgan fingerprint density at radius 3 is 1.18 bits per heavy atom. The SMILES string of the molecule is Cc1ccc(-c2ccc(CC(C)C)c[n+]2C)c(C)c1.Cc1ccccc1-c1c(C)cc(CC(C)C)c[n+]1C.[2H]C([2H])([2H])c1ccc(-c2ccc(C([2H])([2H])C(C)C)c[n+]2C)c(C)c1.[2H]C([2H])(c1cc(C)c(-c2ccccc2C)[n+](C)c1)C(C)C. The predicted octanol–water partition coefficient (Wildman–Crippen LogP) is 16.0. The number of hydrogen-bond donors (Lipinski definition) is 0. The molecule has 0 bridgehead atoms. The van der Waals surface area contributed by atoms with Crippen LogP contribution in [-0.4, -0.2) is 0 Å². The second-order valence-corrected chi connectivity index (χ2v) is 22.6. The third-order valence-corrected chi connectivity index (χ3v) is 13.4. The molecule has 0 saturated carbocycles. The molecule has 0 aliphatic heterocycles. The Balaban J connectivity index is 0.000000204. The minimum absolute atomic E-state index is 0.0544. The average Bonchev–Trinajstić information content (AvgIpc) is 3.15. The minimum Gasteiger partial charge on any atom is -0.201 e.